The Hall–Kier alpha value is -2.95. The number of hydrogen-bond donors (Lipinski definition) is 2. The van der Waals surface area contributed by atoms with E-state index in [1.165, 1.54) is 43.4 Å². The van der Waals surface area contributed by atoms with Gasteiger partial charge in [-0.2, -0.15) is 0 Å². The summed E-state index contributed by atoms with van der Waals surface area (Å²) in [5.41, 5.74) is 10.4. The number of allylic oxidation sites excluding steroid dienone is 1. The number of nitrogens with zero attached hydrogens (tertiary/aromatic N) is 1. The Morgan fingerprint density at radius 2 is 1.81 bits per heavy atom. The maximum Gasteiger partial charge on any atom is 0.267 e. The number of carbonyl (C=O) groups is 1. The van der Waals surface area contributed by atoms with Gasteiger partial charge in [-0.05, 0) is 74.3 Å². The van der Waals surface area contributed by atoms with Crippen LogP contribution in [0.4, 0.5) is 10.1 Å². The fraction of sp³-hybridized carbons (Fsp3) is 0.500. The molecule has 2 atom stereocenters. The standard InChI is InChI=1S/C32H44FN3O/c1-3-24(2)12-7-4-5-10-23-35-32(37)30(34)29-16-11-15-26(18-17-25-13-8-6-9-14-25)31(29)36-28-21-19-27(33)20-22-28/h6,8-9,13-14,19-22,24,26H,3-5,7,10-12,15-18,23,34H2,1-2H3,(H,35,37). The van der Waals surface area contributed by atoms with Gasteiger partial charge in [0.2, 0.25) is 0 Å². The predicted molar refractivity (Wildman–Crippen MR) is 152 cm³/mol. The number of amides is 1. The topological polar surface area (TPSA) is 67.5 Å². The Morgan fingerprint density at radius 1 is 1.08 bits per heavy atom. The lowest BCUT2D eigenvalue weighted by Gasteiger charge is -2.28. The zero-order valence-electron chi connectivity index (χ0n) is 22.6. The Bertz CT molecular complexity index is 1030. The van der Waals surface area contributed by atoms with Gasteiger partial charge in [0, 0.05) is 23.7 Å². The zero-order valence-corrected chi connectivity index (χ0v) is 22.6. The lowest BCUT2D eigenvalue weighted by atomic mass is 9.79. The van der Waals surface area contributed by atoms with Gasteiger partial charge in [-0.25, -0.2) is 4.39 Å². The lowest BCUT2D eigenvalue weighted by molar-refractivity contribution is -0.117. The minimum Gasteiger partial charge on any atom is -0.394 e. The highest BCUT2D eigenvalue weighted by atomic mass is 19.1. The zero-order chi connectivity index (χ0) is 26.5. The van der Waals surface area contributed by atoms with Crippen LogP contribution < -0.4 is 11.1 Å². The third-order valence-corrected chi connectivity index (χ3v) is 7.55. The van der Waals surface area contributed by atoms with Gasteiger partial charge in [0.1, 0.15) is 11.5 Å². The summed E-state index contributed by atoms with van der Waals surface area (Å²) in [6.07, 6.45) is 11.6. The van der Waals surface area contributed by atoms with Crippen LogP contribution in [0.25, 0.3) is 0 Å². The van der Waals surface area contributed by atoms with E-state index in [1.807, 2.05) is 6.07 Å². The summed E-state index contributed by atoms with van der Waals surface area (Å²) in [5.74, 6) is 0.502. The Morgan fingerprint density at radius 3 is 2.54 bits per heavy atom. The van der Waals surface area contributed by atoms with E-state index < -0.39 is 0 Å². The molecule has 1 fully saturated rings. The van der Waals surface area contributed by atoms with Crippen LogP contribution in [0.3, 0.4) is 0 Å². The normalized spacial score (nSPS) is 19.0. The van der Waals surface area contributed by atoms with Crippen molar-refractivity contribution in [1.82, 2.24) is 5.32 Å². The minimum absolute atomic E-state index is 0.200. The van der Waals surface area contributed by atoms with Crippen LogP contribution in [-0.2, 0) is 11.2 Å². The van der Waals surface area contributed by atoms with Crippen molar-refractivity contribution < 1.29 is 9.18 Å². The summed E-state index contributed by atoms with van der Waals surface area (Å²) >= 11 is 0. The second-order valence-electron chi connectivity index (χ2n) is 10.5. The van der Waals surface area contributed by atoms with E-state index >= 15 is 0 Å². The quantitative estimate of drug-likeness (QED) is 0.217. The van der Waals surface area contributed by atoms with Crippen molar-refractivity contribution in [3.05, 3.63) is 77.2 Å². The molecule has 0 radical (unpaired) electrons. The average molecular weight is 506 g/mol. The molecule has 2 unspecified atom stereocenters. The van der Waals surface area contributed by atoms with Gasteiger partial charge in [-0.3, -0.25) is 9.79 Å². The van der Waals surface area contributed by atoms with E-state index in [2.05, 4.69) is 43.4 Å². The van der Waals surface area contributed by atoms with Crippen LogP contribution in [0.15, 0.2) is 70.9 Å². The van der Waals surface area contributed by atoms with E-state index in [1.54, 1.807) is 12.1 Å². The smallest absolute Gasteiger partial charge is 0.267 e. The maximum atomic E-state index is 13.5. The molecule has 5 heteroatoms. The van der Waals surface area contributed by atoms with Gasteiger partial charge in [-0.15, -0.1) is 0 Å². The van der Waals surface area contributed by atoms with Gasteiger partial charge in [0.05, 0.1) is 5.69 Å². The molecule has 4 nitrogen and oxygen atoms in total. The Kier molecular flexibility index (Phi) is 11.9. The summed E-state index contributed by atoms with van der Waals surface area (Å²) in [5, 5.41) is 3.03. The average Bonchev–Trinajstić information content (AvgIpc) is 2.92. The van der Waals surface area contributed by atoms with Gasteiger partial charge < -0.3 is 11.1 Å². The van der Waals surface area contributed by atoms with Crippen LogP contribution in [0.2, 0.25) is 0 Å². The summed E-state index contributed by atoms with van der Waals surface area (Å²) in [7, 11) is 0. The van der Waals surface area contributed by atoms with Crippen molar-refractivity contribution in [2.45, 2.75) is 84.5 Å². The van der Waals surface area contributed by atoms with E-state index in [4.69, 9.17) is 10.7 Å². The summed E-state index contributed by atoms with van der Waals surface area (Å²) in [6, 6.07) is 16.6. The van der Waals surface area contributed by atoms with Crippen LogP contribution in [0, 0.1) is 17.7 Å². The number of unbranched alkanes of at least 4 members (excludes halogenated alkanes) is 3. The number of halogens is 1. The highest BCUT2D eigenvalue weighted by molar-refractivity contribution is 6.10. The SMILES string of the molecule is CCC(C)CCCCCCNC(=O)C(N)=C1CCCC(CCc2ccccc2)C1=Nc1ccc(F)cc1. The fourth-order valence-electron chi connectivity index (χ4n) is 5.00. The summed E-state index contributed by atoms with van der Waals surface area (Å²) in [6.45, 7) is 5.19. The molecular formula is C32H44FN3O. The maximum absolute atomic E-state index is 13.5. The Balaban J connectivity index is 1.67. The highest BCUT2D eigenvalue weighted by Crippen LogP contribution is 2.33. The molecule has 2 aromatic rings. The number of aryl methyl sites for hydroxylation is 1. The summed E-state index contributed by atoms with van der Waals surface area (Å²) in [4.78, 5) is 17.9. The van der Waals surface area contributed by atoms with Gasteiger partial charge in [-0.1, -0.05) is 76.3 Å². The second-order valence-corrected chi connectivity index (χ2v) is 10.5. The molecule has 0 saturated heterocycles. The number of carbonyl (C=O) groups excluding carboxylic acids is 1. The lowest BCUT2D eigenvalue weighted by Crippen LogP contribution is -2.34. The minimum atomic E-state index is -0.289. The van der Waals surface area contributed by atoms with E-state index in [0.29, 0.717) is 12.2 Å². The Labute approximate surface area is 222 Å². The number of benzene rings is 2. The van der Waals surface area contributed by atoms with E-state index in [0.717, 1.165) is 62.1 Å². The predicted octanol–water partition coefficient (Wildman–Crippen LogP) is 7.66. The van der Waals surface area contributed by atoms with E-state index in [9.17, 15) is 9.18 Å². The molecular weight excluding hydrogens is 461 g/mol. The molecule has 3 rings (SSSR count). The van der Waals surface area contributed by atoms with Crippen molar-refractivity contribution in [3.8, 4) is 0 Å². The van der Waals surface area contributed by atoms with Crippen molar-refractivity contribution >= 4 is 17.3 Å². The molecule has 1 amide bonds. The third kappa shape index (κ3) is 9.46. The first-order valence-electron chi connectivity index (χ1n) is 14.1. The van der Waals surface area contributed by atoms with Crippen molar-refractivity contribution in [2.75, 3.05) is 6.54 Å². The first-order chi connectivity index (χ1) is 18.0. The van der Waals surface area contributed by atoms with Crippen LogP contribution in [-0.4, -0.2) is 18.2 Å². The van der Waals surface area contributed by atoms with Crippen molar-refractivity contribution in [2.24, 2.45) is 22.6 Å². The third-order valence-electron chi connectivity index (χ3n) is 7.55. The second kappa shape index (κ2) is 15.3. The van der Waals surface area contributed by atoms with Crippen LogP contribution in [0.5, 0.6) is 0 Å². The number of hydrogen-bond acceptors (Lipinski definition) is 3. The molecule has 37 heavy (non-hydrogen) atoms. The first-order valence-corrected chi connectivity index (χ1v) is 14.1. The fourth-order valence-corrected chi connectivity index (χ4v) is 5.00. The number of rotatable bonds is 13. The molecule has 0 heterocycles. The van der Waals surface area contributed by atoms with Gasteiger partial charge >= 0.3 is 0 Å². The molecule has 3 N–H and O–H groups in total. The molecule has 0 aromatic heterocycles. The largest absolute Gasteiger partial charge is 0.394 e. The molecule has 0 aliphatic heterocycles. The van der Waals surface area contributed by atoms with Crippen molar-refractivity contribution in [3.63, 3.8) is 0 Å². The van der Waals surface area contributed by atoms with E-state index in [-0.39, 0.29) is 23.3 Å². The van der Waals surface area contributed by atoms with Crippen LogP contribution >= 0.6 is 0 Å². The van der Waals surface area contributed by atoms with Gasteiger partial charge in [0.15, 0.2) is 0 Å². The molecule has 2 aromatic carbocycles. The highest BCUT2D eigenvalue weighted by Gasteiger charge is 2.28. The molecule has 1 aliphatic rings. The molecule has 200 valence electrons. The number of nitrogens with one attached hydrogen (secondary N) is 1. The number of aliphatic imine (C=N–C) groups is 1. The molecule has 1 saturated carbocycles. The monoisotopic (exact) mass is 505 g/mol. The molecule has 1 aliphatic carbocycles. The first kappa shape index (κ1) is 28.6. The molecule has 0 bridgehead atoms. The van der Waals surface area contributed by atoms with Crippen LogP contribution in [0.1, 0.15) is 83.6 Å². The molecule has 0 spiro atoms. The summed E-state index contributed by atoms with van der Waals surface area (Å²) < 4.78 is 13.5. The van der Waals surface area contributed by atoms with Crippen molar-refractivity contribution in [1.29, 1.82) is 0 Å². The number of nitrogens with two attached hydrogens (primary N) is 1. The van der Waals surface area contributed by atoms with Gasteiger partial charge in [0.25, 0.3) is 5.91 Å².